The van der Waals surface area contributed by atoms with E-state index in [1.54, 1.807) is 6.92 Å². The molecule has 190 valence electrons. The van der Waals surface area contributed by atoms with Crippen LogP contribution in [0.25, 0.3) is 0 Å². The van der Waals surface area contributed by atoms with Crippen molar-refractivity contribution in [1.29, 1.82) is 0 Å². The molecule has 0 saturated carbocycles. The van der Waals surface area contributed by atoms with E-state index < -0.39 is 71.2 Å². The standard InChI is InChI=1S/C21H17F12N/c1-2-3-34(10-12-4-14(18(22,23)24)8-15(5-12)19(25,26)27)11-13-6-16(20(28,29)30)9-17(7-13)21(31,32)33/h4-9H,2-3,10-11H2,1H3. The molecule has 0 aromatic heterocycles. The zero-order chi connectivity index (χ0) is 26.1. The lowest BCUT2D eigenvalue weighted by atomic mass is 10.0. The second-order valence-corrected chi connectivity index (χ2v) is 7.54. The summed E-state index contributed by atoms with van der Waals surface area (Å²) in [6.07, 6.45) is -20.1. The van der Waals surface area contributed by atoms with Gasteiger partial charge in [0.2, 0.25) is 0 Å². The van der Waals surface area contributed by atoms with Gasteiger partial charge in [0.25, 0.3) is 0 Å². The van der Waals surface area contributed by atoms with Gasteiger partial charge in [-0.1, -0.05) is 6.92 Å². The van der Waals surface area contributed by atoms with Crippen LogP contribution in [0.2, 0.25) is 0 Å². The van der Waals surface area contributed by atoms with E-state index in [9.17, 15) is 52.7 Å². The maximum Gasteiger partial charge on any atom is 0.416 e. The SMILES string of the molecule is CCCN(Cc1cc(C(F)(F)F)cc(C(F)(F)F)c1)Cc1cc(C(F)(F)F)cc(C(F)(F)F)c1. The van der Waals surface area contributed by atoms with Crippen LogP contribution >= 0.6 is 0 Å². The molecule has 34 heavy (non-hydrogen) atoms. The fourth-order valence-electron chi connectivity index (χ4n) is 3.27. The fraction of sp³-hybridized carbons (Fsp3) is 0.429. The van der Waals surface area contributed by atoms with E-state index in [4.69, 9.17) is 0 Å². The van der Waals surface area contributed by atoms with Gasteiger partial charge in [0, 0.05) is 13.1 Å². The maximum absolute atomic E-state index is 13.1. The van der Waals surface area contributed by atoms with Gasteiger partial charge in [-0.25, -0.2) is 0 Å². The monoisotopic (exact) mass is 511 g/mol. The van der Waals surface area contributed by atoms with Crippen molar-refractivity contribution in [3.63, 3.8) is 0 Å². The molecule has 13 heteroatoms. The third kappa shape index (κ3) is 7.54. The van der Waals surface area contributed by atoms with Crippen molar-refractivity contribution < 1.29 is 52.7 Å². The van der Waals surface area contributed by atoms with Crippen molar-refractivity contribution in [3.8, 4) is 0 Å². The Morgan fingerprint density at radius 3 is 0.971 bits per heavy atom. The highest BCUT2D eigenvalue weighted by atomic mass is 19.4. The molecule has 0 spiro atoms. The van der Waals surface area contributed by atoms with Crippen LogP contribution in [0.3, 0.4) is 0 Å². The smallest absolute Gasteiger partial charge is 0.295 e. The van der Waals surface area contributed by atoms with E-state index in [2.05, 4.69) is 0 Å². The van der Waals surface area contributed by atoms with Crippen molar-refractivity contribution in [2.75, 3.05) is 6.54 Å². The lowest BCUT2D eigenvalue weighted by Crippen LogP contribution is -2.25. The first-order chi connectivity index (χ1) is 15.3. The van der Waals surface area contributed by atoms with E-state index in [0.717, 1.165) is 0 Å². The molecular formula is C21H17F12N. The van der Waals surface area contributed by atoms with Crippen LogP contribution < -0.4 is 0 Å². The highest BCUT2D eigenvalue weighted by molar-refractivity contribution is 5.35. The lowest BCUT2D eigenvalue weighted by molar-refractivity contribution is -0.144. The average molecular weight is 511 g/mol. The number of halogens is 12. The van der Waals surface area contributed by atoms with Gasteiger partial charge >= 0.3 is 24.7 Å². The Morgan fingerprint density at radius 1 is 0.500 bits per heavy atom. The van der Waals surface area contributed by atoms with Crippen LogP contribution in [0.4, 0.5) is 52.7 Å². The van der Waals surface area contributed by atoms with E-state index >= 15 is 0 Å². The van der Waals surface area contributed by atoms with Gasteiger partial charge in [-0.3, -0.25) is 4.90 Å². The molecular weight excluding hydrogens is 494 g/mol. The molecule has 0 N–H and O–H groups in total. The fourth-order valence-corrected chi connectivity index (χ4v) is 3.27. The minimum absolute atomic E-state index is 0.0187. The van der Waals surface area contributed by atoms with Crippen LogP contribution in [0.1, 0.15) is 46.7 Å². The van der Waals surface area contributed by atoms with Crippen LogP contribution in [0.15, 0.2) is 36.4 Å². The number of nitrogens with zero attached hydrogens (tertiary/aromatic N) is 1. The summed E-state index contributed by atoms with van der Waals surface area (Å²) in [7, 11) is 0. The molecule has 2 aromatic carbocycles. The molecule has 2 aromatic rings. The first-order valence-corrected chi connectivity index (χ1v) is 9.59. The Hall–Kier alpha value is -2.44. The summed E-state index contributed by atoms with van der Waals surface area (Å²) in [4.78, 5) is 1.17. The summed E-state index contributed by atoms with van der Waals surface area (Å²) >= 11 is 0. The van der Waals surface area contributed by atoms with Gasteiger partial charge < -0.3 is 0 Å². The summed E-state index contributed by atoms with van der Waals surface area (Å²) in [5.74, 6) is 0. The van der Waals surface area contributed by atoms with Gasteiger partial charge in [0.1, 0.15) is 0 Å². The summed E-state index contributed by atoms with van der Waals surface area (Å²) in [5.41, 5.74) is -7.20. The Kier molecular flexibility index (Phi) is 7.90. The molecule has 0 aliphatic carbocycles. The Labute approximate surface area is 186 Å². The molecule has 0 aliphatic heterocycles. The largest absolute Gasteiger partial charge is 0.416 e. The molecule has 0 atom stereocenters. The molecule has 2 rings (SSSR count). The number of rotatable bonds is 6. The molecule has 0 radical (unpaired) electrons. The molecule has 0 saturated heterocycles. The van der Waals surface area contributed by atoms with Crippen molar-refractivity contribution >= 4 is 0 Å². The molecule has 0 unspecified atom stereocenters. The van der Waals surface area contributed by atoms with E-state index in [1.165, 1.54) is 4.90 Å². The zero-order valence-corrected chi connectivity index (χ0v) is 17.3. The topological polar surface area (TPSA) is 3.24 Å². The average Bonchev–Trinajstić information content (AvgIpc) is 2.65. The third-order valence-electron chi connectivity index (χ3n) is 4.65. The minimum atomic E-state index is -5.10. The normalized spacial score (nSPS) is 13.6. The van der Waals surface area contributed by atoms with Gasteiger partial charge in [0.05, 0.1) is 22.3 Å². The van der Waals surface area contributed by atoms with E-state index in [0.29, 0.717) is 24.3 Å². The lowest BCUT2D eigenvalue weighted by Gasteiger charge is -2.24. The van der Waals surface area contributed by atoms with Gasteiger partial charge in [-0.2, -0.15) is 52.7 Å². The van der Waals surface area contributed by atoms with Crippen molar-refractivity contribution in [2.24, 2.45) is 0 Å². The highest BCUT2D eigenvalue weighted by Gasteiger charge is 2.38. The van der Waals surface area contributed by atoms with Gasteiger partial charge in [-0.05, 0) is 60.5 Å². The Bertz CT molecular complexity index is 841. The van der Waals surface area contributed by atoms with Crippen LogP contribution in [0, 0.1) is 0 Å². The first kappa shape index (κ1) is 27.8. The van der Waals surface area contributed by atoms with Crippen molar-refractivity contribution in [3.05, 3.63) is 69.8 Å². The van der Waals surface area contributed by atoms with Gasteiger partial charge in [0.15, 0.2) is 0 Å². The second-order valence-electron chi connectivity index (χ2n) is 7.54. The van der Waals surface area contributed by atoms with Crippen LogP contribution in [-0.2, 0) is 37.8 Å². The number of benzene rings is 2. The zero-order valence-electron chi connectivity index (χ0n) is 17.3. The molecule has 1 nitrogen and oxygen atoms in total. The van der Waals surface area contributed by atoms with Gasteiger partial charge in [-0.15, -0.1) is 0 Å². The van der Waals surface area contributed by atoms with Crippen LogP contribution in [-0.4, -0.2) is 11.4 Å². The number of hydrogen-bond donors (Lipinski definition) is 0. The molecule has 0 fully saturated rings. The van der Waals surface area contributed by atoms with E-state index in [1.807, 2.05) is 0 Å². The molecule has 0 heterocycles. The van der Waals surface area contributed by atoms with Crippen molar-refractivity contribution in [2.45, 2.75) is 51.1 Å². The summed E-state index contributed by atoms with van der Waals surface area (Å²) in [6.45, 7) is 0.416. The molecule has 0 amide bonds. The summed E-state index contributed by atoms with van der Waals surface area (Å²) in [5, 5.41) is 0. The number of hydrogen-bond acceptors (Lipinski definition) is 1. The highest BCUT2D eigenvalue weighted by Crippen LogP contribution is 2.38. The quantitative estimate of drug-likeness (QED) is 0.354. The minimum Gasteiger partial charge on any atom is -0.295 e. The Balaban J connectivity index is 2.48. The predicted molar refractivity (Wildman–Crippen MR) is 97.3 cm³/mol. The summed E-state index contributed by atoms with van der Waals surface area (Å²) in [6, 6.07) is 1.71. The second kappa shape index (κ2) is 9.67. The number of alkyl halides is 12. The van der Waals surface area contributed by atoms with E-state index in [-0.39, 0.29) is 25.1 Å². The predicted octanol–water partition coefficient (Wildman–Crippen LogP) is 8.17. The third-order valence-corrected chi connectivity index (χ3v) is 4.65. The summed E-state index contributed by atoms with van der Waals surface area (Å²) < 4.78 is 157. The maximum atomic E-state index is 13.1. The van der Waals surface area contributed by atoms with Crippen molar-refractivity contribution in [1.82, 2.24) is 4.90 Å². The molecule has 0 bridgehead atoms. The first-order valence-electron chi connectivity index (χ1n) is 9.59. The molecule has 0 aliphatic rings. The van der Waals surface area contributed by atoms with Crippen LogP contribution in [0.5, 0.6) is 0 Å². The Morgan fingerprint density at radius 2 is 0.765 bits per heavy atom.